The Morgan fingerprint density at radius 3 is 2.33 bits per heavy atom. The zero-order valence-corrected chi connectivity index (χ0v) is 6.30. The first-order valence-corrected chi connectivity index (χ1v) is 3.63. The highest BCUT2D eigenvalue weighted by atomic mass is 16.5. The lowest BCUT2D eigenvalue weighted by Crippen LogP contribution is -2.28. The van der Waals surface area contributed by atoms with E-state index in [1.54, 1.807) is 0 Å². The summed E-state index contributed by atoms with van der Waals surface area (Å²) >= 11 is 0. The van der Waals surface area contributed by atoms with Crippen LogP contribution in [-0.2, 0) is 9.59 Å². The molecule has 1 saturated carbocycles. The number of Topliss-reactive ketones (excluding diaryl/α,β-unsaturated/α-hetero) is 1. The van der Waals surface area contributed by atoms with Gasteiger partial charge >= 0.3 is 5.97 Å². The number of hydrogen-bond donors (Lipinski definition) is 3. The molecule has 1 fully saturated rings. The van der Waals surface area contributed by atoms with Crippen molar-refractivity contribution in [1.82, 2.24) is 0 Å². The van der Waals surface area contributed by atoms with Crippen molar-refractivity contribution in [2.45, 2.75) is 19.1 Å². The molecule has 0 heterocycles. The number of carbonyl (C=O) groups is 2. The summed E-state index contributed by atoms with van der Waals surface area (Å²) in [7, 11) is 0. The van der Waals surface area contributed by atoms with Crippen LogP contribution in [0.2, 0.25) is 0 Å². The molecule has 0 aromatic carbocycles. The third-order valence-corrected chi connectivity index (χ3v) is 2.13. The van der Waals surface area contributed by atoms with Gasteiger partial charge in [-0.15, -0.1) is 0 Å². The van der Waals surface area contributed by atoms with E-state index in [2.05, 4.69) is 0 Å². The van der Waals surface area contributed by atoms with Crippen molar-refractivity contribution >= 4 is 11.8 Å². The Bertz CT molecular complexity index is 210. The van der Waals surface area contributed by atoms with Crippen molar-refractivity contribution in [3.63, 3.8) is 0 Å². The first-order valence-electron chi connectivity index (χ1n) is 3.63. The van der Waals surface area contributed by atoms with Gasteiger partial charge in [-0.2, -0.15) is 0 Å². The molecule has 2 atom stereocenters. The van der Waals surface area contributed by atoms with Gasteiger partial charge < -0.3 is 15.3 Å². The van der Waals surface area contributed by atoms with E-state index in [-0.39, 0.29) is 18.6 Å². The molecule has 1 aliphatic rings. The molecule has 5 nitrogen and oxygen atoms in total. The van der Waals surface area contributed by atoms with Crippen LogP contribution in [0, 0.1) is 11.8 Å². The quantitative estimate of drug-likeness (QED) is 0.465. The highest BCUT2D eigenvalue weighted by Gasteiger charge is 2.41. The first-order chi connectivity index (χ1) is 5.52. The average molecular weight is 174 g/mol. The molecule has 0 amide bonds. The van der Waals surface area contributed by atoms with Crippen LogP contribution in [0.4, 0.5) is 0 Å². The van der Waals surface area contributed by atoms with Gasteiger partial charge in [-0.3, -0.25) is 9.59 Å². The van der Waals surface area contributed by atoms with Crippen LogP contribution < -0.4 is 0 Å². The molecule has 0 unspecified atom stereocenters. The Labute approximate surface area is 68.6 Å². The summed E-state index contributed by atoms with van der Waals surface area (Å²) in [5.74, 6) is -3.13. The van der Waals surface area contributed by atoms with Gasteiger partial charge in [0.25, 0.3) is 0 Å². The molecule has 0 aliphatic heterocycles. The number of aliphatic hydroxyl groups is 2. The lowest BCUT2D eigenvalue weighted by Gasteiger charge is -2.15. The number of aliphatic carboxylic acids is 1. The number of aliphatic hydroxyl groups excluding tert-OH is 1. The molecule has 68 valence electrons. The maximum atomic E-state index is 10.8. The summed E-state index contributed by atoms with van der Waals surface area (Å²) in [6.45, 7) is 0. The Balaban J connectivity index is 2.72. The Hall–Kier alpha value is -0.940. The molecule has 1 aliphatic carbocycles. The molecule has 0 aromatic heterocycles. The van der Waals surface area contributed by atoms with Gasteiger partial charge in [0.1, 0.15) is 5.78 Å². The second-order valence-electron chi connectivity index (χ2n) is 2.97. The van der Waals surface area contributed by atoms with Crippen molar-refractivity contribution in [3.8, 4) is 0 Å². The molecule has 5 heteroatoms. The fourth-order valence-corrected chi connectivity index (χ4v) is 1.47. The maximum absolute atomic E-state index is 10.8. The number of carboxylic acids is 1. The third kappa shape index (κ3) is 1.62. The minimum absolute atomic E-state index is 0.0470. The maximum Gasteiger partial charge on any atom is 0.307 e. The zero-order valence-electron chi connectivity index (χ0n) is 6.30. The summed E-state index contributed by atoms with van der Waals surface area (Å²) in [5.41, 5.74) is 0. The van der Waals surface area contributed by atoms with E-state index in [1.807, 2.05) is 0 Å². The second kappa shape index (κ2) is 3.20. The summed E-state index contributed by atoms with van der Waals surface area (Å²) in [4.78, 5) is 21.3. The van der Waals surface area contributed by atoms with E-state index in [0.29, 0.717) is 0 Å². The number of rotatable bonds is 2. The Kier molecular flexibility index (Phi) is 2.44. The topological polar surface area (TPSA) is 94.8 Å². The van der Waals surface area contributed by atoms with Crippen LogP contribution in [-0.4, -0.2) is 33.4 Å². The molecule has 1 rings (SSSR count). The highest BCUT2D eigenvalue weighted by molar-refractivity contribution is 5.87. The SMILES string of the molecule is O=C1C[C@@H](C(=O)O)[C@H](C(O)O)C1. The molecule has 0 radical (unpaired) electrons. The van der Waals surface area contributed by atoms with Crippen LogP contribution in [0.5, 0.6) is 0 Å². The van der Waals surface area contributed by atoms with E-state index in [0.717, 1.165) is 0 Å². The van der Waals surface area contributed by atoms with Gasteiger partial charge in [-0.05, 0) is 0 Å². The predicted octanol–water partition coefficient (Wildman–Crippen LogP) is -1.02. The largest absolute Gasteiger partial charge is 0.481 e. The van der Waals surface area contributed by atoms with E-state index in [4.69, 9.17) is 15.3 Å². The second-order valence-corrected chi connectivity index (χ2v) is 2.97. The van der Waals surface area contributed by atoms with Crippen LogP contribution >= 0.6 is 0 Å². The fourth-order valence-electron chi connectivity index (χ4n) is 1.47. The van der Waals surface area contributed by atoms with E-state index < -0.39 is 24.1 Å². The third-order valence-electron chi connectivity index (χ3n) is 2.13. The van der Waals surface area contributed by atoms with Crippen molar-refractivity contribution in [3.05, 3.63) is 0 Å². The van der Waals surface area contributed by atoms with Crippen molar-refractivity contribution in [2.24, 2.45) is 11.8 Å². The molecular weight excluding hydrogens is 164 g/mol. The van der Waals surface area contributed by atoms with Crippen LogP contribution in [0.1, 0.15) is 12.8 Å². The number of hydrogen-bond acceptors (Lipinski definition) is 4. The molecule has 12 heavy (non-hydrogen) atoms. The molecule has 0 bridgehead atoms. The molecule has 3 N–H and O–H groups in total. The minimum atomic E-state index is -1.71. The Morgan fingerprint density at radius 1 is 1.42 bits per heavy atom. The zero-order chi connectivity index (χ0) is 9.30. The van der Waals surface area contributed by atoms with Gasteiger partial charge in [0.05, 0.1) is 5.92 Å². The van der Waals surface area contributed by atoms with E-state index in [1.165, 1.54) is 0 Å². The average Bonchev–Trinajstić information content (AvgIpc) is 2.31. The van der Waals surface area contributed by atoms with Gasteiger partial charge in [-0.25, -0.2) is 0 Å². The summed E-state index contributed by atoms with van der Waals surface area (Å²) in [5, 5.41) is 26.0. The lowest BCUT2D eigenvalue weighted by atomic mass is 9.96. The summed E-state index contributed by atoms with van der Waals surface area (Å²) in [6.07, 6.45) is -1.84. The minimum Gasteiger partial charge on any atom is -0.481 e. The van der Waals surface area contributed by atoms with Crippen molar-refractivity contribution in [2.75, 3.05) is 0 Å². The standard InChI is InChI=1S/C7H10O5/c8-3-1-4(6(9)10)5(2-3)7(11)12/h4-6,9-10H,1-2H2,(H,11,12)/t4-,5-/m1/s1. The molecular formula is C7H10O5. The molecule has 0 aromatic rings. The summed E-state index contributed by atoms with van der Waals surface area (Å²) < 4.78 is 0. The van der Waals surface area contributed by atoms with Crippen molar-refractivity contribution < 1.29 is 24.9 Å². The van der Waals surface area contributed by atoms with E-state index >= 15 is 0 Å². The summed E-state index contributed by atoms with van der Waals surface area (Å²) in [6, 6.07) is 0. The first kappa shape index (κ1) is 9.15. The number of carbonyl (C=O) groups excluding carboxylic acids is 1. The molecule has 0 spiro atoms. The number of carboxylic acid groups (broad SMARTS) is 1. The fraction of sp³-hybridized carbons (Fsp3) is 0.714. The van der Waals surface area contributed by atoms with Crippen LogP contribution in [0.15, 0.2) is 0 Å². The van der Waals surface area contributed by atoms with Gasteiger partial charge in [0.2, 0.25) is 0 Å². The van der Waals surface area contributed by atoms with Crippen LogP contribution in [0.25, 0.3) is 0 Å². The smallest absolute Gasteiger partial charge is 0.307 e. The highest BCUT2D eigenvalue weighted by Crippen LogP contribution is 2.31. The van der Waals surface area contributed by atoms with Gasteiger partial charge in [0.15, 0.2) is 6.29 Å². The van der Waals surface area contributed by atoms with Crippen LogP contribution in [0.3, 0.4) is 0 Å². The lowest BCUT2D eigenvalue weighted by molar-refractivity contribution is -0.151. The Morgan fingerprint density at radius 2 is 2.00 bits per heavy atom. The van der Waals surface area contributed by atoms with Gasteiger partial charge in [-0.1, -0.05) is 0 Å². The van der Waals surface area contributed by atoms with Crippen molar-refractivity contribution in [1.29, 1.82) is 0 Å². The number of ketones is 1. The predicted molar refractivity (Wildman–Crippen MR) is 37.1 cm³/mol. The normalized spacial score (nSPS) is 29.8. The molecule has 0 saturated heterocycles. The monoisotopic (exact) mass is 174 g/mol. The van der Waals surface area contributed by atoms with E-state index in [9.17, 15) is 9.59 Å². The van der Waals surface area contributed by atoms with Gasteiger partial charge in [0, 0.05) is 18.8 Å².